The van der Waals surface area contributed by atoms with Crippen molar-refractivity contribution in [2.45, 2.75) is 13.0 Å². The van der Waals surface area contributed by atoms with Crippen molar-refractivity contribution in [3.63, 3.8) is 0 Å². The molecule has 0 bridgehead atoms. The average molecular weight is 398 g/mol. The standard InChI is InChI=1S/C18H17Cl2NO5/c1-10(26-12-6-4-5-11(19)7-12)17(22)21-15-9-16(24-2)13(8-14(15)20)18(23)25-3/h4-10H,1-3H3,(H,21,22)/t10-/m0/s1. The van der Waals surface area contributed by atoms with Crippen molar-refractivity contribution >= 4 is 40.8 Å². The van der Waals surface area contributed by atoms with Gasteiger partial charge in [0.25, 0.3) is 5.91 Å². The molecule has 6 nitrogen and oxygen atoms in total. The molecule has 1 atom stereocenters. The largest absolute Gasteiger partial charge is 0.496 e. The highest BCUT2D eigenvalue weighted by Gasteiger charge is 2.20. The van der Waals surface area contributed by atoms with Crippen LogP contribution in [-0.2, 0) is 9.53 Å². The van der Waals surface area contributed by atoms with Crippen LogP contribution in [-0.4, -0.2) is 32.2 Å². The van der Waals surface area contributed by atoms with E-state index in [2.05, 4.69) is 10.1 Å². The Labute approximate surface area is 160 Å². The molecule has 0 fully saturated rings. The molecule has 0 aliphatic heterocycles. The Bertz CT molecular complexity index is 825. The number of carbonyl (C=O) groups excluding carboxylic acids is 2. The van der Waals surface area contributed by atoms with E-state index in [1.807, 2.05) is 0 Å². The van der Waals surface area contributed by atoms with Crippen LogP contribution < -0.4 is 14.8 Å². The minimum Gasteiger partial charge on any atom is -0.496 e. The van der Waals surface area contributed by atoms with E-state index in [1.165, 1.54) is 26.4 Å². The van der Waals surface area contributed by atoms with Crippen molar-refractivity contribution in [3.05, 3.63) is 52.0 Å². The quantitative estimate of drug-likeness (QED) is 0.739. The molecule has 0 saturated heterocycles. The molecule has 1 amide bonds. The van der Waals surface area contributed by atoms with Gasteiger partial charge in [0.1, 0.15) is 17.1 Å². The molecule has 0 aromatic heterocycles. The Balaban J connectivity index is 2.16. The first-order chi connectivity index (χ1) is 12.3. The van der Waals surface area contributed by atoms with E-state index in [9.17, 15) is 9.59 Å². The van der Waals surface area contributed by atoms with E-state index in [0.717, 1.165) is 0 Å². The van der Waals surface area contributed by atoms with E-state index >= 15 is 0 Å². The molecular weight excluding hydrogens is 381 g/mol. The van der Waals surface area contributed by atoms with Crippen molar-refractivity contribution in [3.8, 4) is 11.5 Å². The maximum atomic E-state index is 12.4. The zero-order chi connectivity index (χ0) is 19.3. The van der Waals surface area contributed by atoms with Crippen LogP contribution in [0, 0.1) is 0 Å². The molecule has 0 aliphatic carbocycles. The van der Waals surface area contributed by atoms with E-state index in [1.54, 1.807) is 31.2 Å². The third kappa shape index (κ3) is 4.80. The summed E-state index contributed by atoms with van der Waals surface area (Å²) in [5, 5.41) is 3.31. The summed E-state index contributed by atoms with van der Waals surface area (Å²) in [5.74, 6) is -0.344. The van der Waals surface area contributed by atoms with Gasteiger partial charge in [0, 0.05) is 11.1 Å². The van der Waals surface area contributed by atoms with Gasteiger partial charge in [-0.1, -0.05) is 29.3 Å². The van der Waals surface area contributed by atoms with Crippen LogP contribution >= 0.6 is 23.2 Å². The first-order valence-corrected chi connectivity index (χ1v) is 8.30. The second-order valence-corrected chi connectivity index (χ2v) is 6.07. The van der Waals surface area contributed by atoms with Crippen molar-refractivity contribution in [1.29, 1.82) is 0 Å². The summed E-state index contributed by atoms with van der Waals surface area (Å²) in [6.07, 6.45) is -0.809. The molecule has 0 radical (unpaired) electrons. The van der Waals surface area contributed by atoms with Crippen molar-refractivity contribution in [1.82, 2.24) is 0 Å². The number of anilines is 1. The van der Waals surface area contributed by atoms with Crippen molar-refractivity contribution < 1.29 is 23.8 Å². The van der Waals surface area contributed by atoms with Gasteiger partial charge in [0.15, 0.2) is 6.10 Å². The molecule has 1 N–H and O–H groups in total. The third-order valence-electron chi connectivity index (χ3n) is 3.43. The highest BCUT2D eigenvalue weighted by Crippen LogP contribution is 2.31. The number of benzene rings is 2. The summed E-state index contributed by atoms with van der Waals surface area (Å²) < 4.78 is 15.4. The van der Waals surface area contributed by atoms with Gasteiger partial charge in [0.05, 0.1) is 24.9 Å². The van der Waals surface area contributed by atoms with E-state index in [4.69, 9.17) is 32.7 Å². The molecule has 0 spiro atoms. The Morgan fingerprint density at radius 3 is 2.46 bits per heavy atom. The summed E-state index contributed by atoms with van der Waals surface area (Å²) in [4.78, 5) is 24.1. The van der Waals surface area contributed by atoms with Gasteiger partial charge in [-0.15, -0.1) is 0 Å². The number of methoxy groups -OCH3 is 2. The summed E-state index contributed by atoms with van der Waals surface area (Å²) in [6, 6.07) is 9.52. The van der Waals surface area contributed by atoms with Crippen LogP contribution in [0.15, 0.2) is 36.4 Å². The molecule has 138 valence electrons. The highest BCUT2D eigenvalue weighted by molar-refractivity contribution is 6.34. The van der Waals surface area contributed by atoms with Crippen LogP contribution in [0.2, 0.25) is 10.0 Å². The Kier molecular flexibility index (Phi) is 6.71. The number of hydrogen-bond donors (Lipinski definition) is 1. The topological polar surface area (TPSA) is 73.9 Å². The fourth-order valence-corrected chi connectivity index (χ4v) is 2.51. The number of ether oxygens (including phenoxy) is 3. The predicted molar refractivity (Wildman–Crippen MR) is 99.5 cm³/mol. The maximum Gasteiger partial charge on any atom is 0.341 e. The second-order valence-electron chi connectivity index (χ2n) is 5.23. The van der Waals surface area contributed by atoms with Gasteiger partial charge in [0.2, 0.25) is 0 Å². The number of hydrogen-bond acceptors (Lipinski definition) is 5. The molecular formula is C18H17Cl2NO5. The SMILES string of the molecule is COC(=O)c1cc(Cl)c(NC(=O)[C@H](C)Oc2cccc(Cl)c2)cc1OC. The minimum atomic E-state index is -0.809. The van der Waals surface area contributed by atoms with Gasteiger partial charge in [-0.25, -0.2) is 4.79 Å². The predicted octanol–water partition coefficient (Wildman–Crippen LogP) is 4.19. The Morgan fingerprint density at radius 2 is 1.85 bits per heavy atom. The number of rotatable bonds is 6. The fraction of sp³-hybridized carbons (Fsp3) is 0.222. The Morgan fingerprint density at radius 1 is 1.12 bits per heavy atom. The number of amides is 1. The highest BCUT2D eigenvalue weighted by atomic mass is 35.5. The first-order valence-electron chi connectivity index (χ1n) is 7.54. The molecule has 2 rings (SSSR count). The number of nitrogens with one attached hydrogen (secondary N) is 1. The molecule has 26 heavy (non-hydrogen) atoms. The van der Waals surface area contributed by atoms with Crippen LogP contribution in [0.4, 0.5) is 5.69 Å². The average Bonchev–Trinajstić information content (AvgIpc) is 2.62. The molecule has 0 aliphatic rings. The monoisotopic (exact) mass is 397 g/mol. The fourth-order valence-electron chi connectivity index (χ4n) is 2.12. The second kappa shape index (κ2) is 8.78. The first kappa shape index (κ1) is 19.9. The zero-order valence-corrected chi connectivity index (χ0v) is 15.9. The maximum absolute atomic E-state index is 12.4. The summed E-state index contributed by atoms with van der Waals surface area (Å²) in [7, 11) is 2.65. The summed E-state index contributed by atoms with van der Waals surface area (Å²) >= 11 is 12.0. The van der Waals surface area contributed by atoms with E-state index in [0.29, 0.717) is 10.8 Å². The zero-order valence-electron chi connectivity index (χ0n) is 14.3. The van der Waals surface area contributed by atoms with Gasteiger partial charge in [-0.05, 0) is 31.2 Å². The van der Waals surface area contributed by atoms with E-state index in [-0.39, 0.29) is 22.0 Å². The van der Waals surface area contributed by atoms with Crippen LogP contribution in [0.3, 0.4) is 0 Å². The number of halogens is 2. The molecule has 0 heterocycles. The molecule has 2 aromatic rings. The van der Waals surface area contributed by atoms with Crippen molar-refractivity contribution in [2.24, 2.45) is 0 Å². The minimum absolute atomic E-state index is 0.154. The van der Waals surface area contributed by atoms with Crippen LogP contribution in [0.25, 0.3) is 0 Å². The summed E-state index contributed by atoms with van der Waals surface area (Å²) in [6.45, 7) is 1.59. The van der Waals surface area contributed by atoms with Gasteiger partial charge in [-0.2, -0.15) is 0 Å². The molecule has 2 aromatic carbocycles. The van der Waals surface area contributed by atoms with Crippen molar-refractivity contribution in [2.75, 3.05) is 19.5 Å². The van der Waals surface area contributed by atoms with Crippen LogP contribution in [0.1, 0.15) is 17.3 Å². The number of esters is 1. The molecule has 0 unspecified atom stereocenters. The summed E-state index contributed by atoms with van der Waals surface area (Å²) in [5.41, 5.74) is 0.434. The van der Waals surface area contributed by atoms with Gasteiger partial charge in [-0.3, -0.25) is 4.79 Å². The third-order valence-corrected chi connectivity index (χ3v) is 3.98. The lowest BCUT2D eigenvalue weighted by atomic mass is 10.1. The smallest absolute Gasteiger partial charge is 0.341 e. The molecule has 8 heteroatoms. The van der Waals surface area contributed by atoms with E-state index < -0.39 is 18.0 Å². The molecule has 0 saturated carbocycles. The lowest BCUT2D eigenvalue weighted by molar-refractivity contribution is -0.122. The normalized spacial score (nSPS) is 11.4. The van der Waals surface area contributed by atoms with Gasteiger partial charge >= 0.3 is 5.97 Å². The number of carbonyl (C=O) groups is 2. The lowest BCUT2D eigenvalue weighted by Gasteiger charge is -2.17. The van der Waals surface area contributed by atoms with Gasteiger partial charge < -0.3 is 19.5 Å². The lowest BCUT2D eigenvalue weighted by Crippen LogP contribution is -2.30. The Hall–Kier alpha value is -2.44. The van der Waals surface area contributed by atoms with Crippen LogP contribution in [0.5, 0.6) is 11.5 Å².